The molecule has 19 heavy (non-hydrogen) atoms. The molecule has 0 radical (unpaired) electrons. The lowest BCUT2D eigenvalue weighted by Crippen LogP contribution is -2.07. The molecule has 9 nitrogen and oxygen atoms in total. The van der Waals surface area contributed by atoms with Crippen LogP contribution in [0.25, 0.3) is 11.4 Å². The number of hydrogen-bond donors (Lipinski definition) is 1. The monoisotopic (exact) mass is 327 g/mol. The van der Waals surface area contributed by atoms with E-state index in [9.17, 15) is 10.1 Å². The second kappa shape index (κ2) is 5.26. The zero-order valence-corrected chi connectivity index (χ0v) is 11.7. The molecule has 0 fully saturated rings. The maximum Gasteiger partial charge on any atom is 0.339 e. The van der Waals surface area contributed by atoms with E-state index in [0.717, 1.165) is 0 Å². The highest BCUT2D eigenvalue weighted by atomic mass is 79.9. The zero-order chi connectivity index (χ0) is 14.0. The van der Waals surface area contributed by atoms with E-state index in [0.29, 0.717) is 16.8 Å². The van der Waals surface area contributed by atoms with Gasteiger partial charge in [-0.25, -0.2) is 14.6 Å². The molecule has 0 aromatic carbocycles. The van der Waals surface area contributed by atoms with Gasteiger partial charge in [-0.1, -0.05) is 5.21 Å². The first kappa shape index (κ1) is 13.3. The van der Waals surface area contributed by atoms with Gasteiger partial charge in [0.1, 0.15) is 12.0 Å². The van der Waals surface area contributed by atoms with Crippen molar-refractivity contribution in [1.82, 2.24) is 25.0 Å². The third-order valence-corrected chi connectivity index (χ3v) is 2.89. The summed E-state index contributed by atoms with van der Waals surface area (Å²) in [5.74, 6) is 0.172. The molecule has 0 unspecified atom stereocenters. The minimum absolute atomic E-state index is 0.162. The fraction of sp³-hybridized carbons (Fsp3) is 0.333. The first-order valence-corrected chi connectivity index (χ1v) is 6.14. The number of nitro groups is 1. The summed E-state index contributed by atoms with van der Waals surface area (Å²) in [7, 11) is 1.63. The summed E-state index contributed by atoms with van der Waals surface area (Å²) in [5.41, 5.74) is 0.388. The van der Waals surface area contributed by atoms with E-state index < -0.39 is 4.92 Å². The fourth-order valence-electron chi connectivity index (χ4n) is 1.60. The summed E-state index contributed by atoms with van der Waals surface area (Å²) in [6, 6.07) is 0. The second-order valence-electron chi connectivity index (χ2n) is 3.56. The lowest BCUT2D eigenvalue weighted by atomic mass is 10.2. The van der Waals surface area contributed by atoms with Gasteiger partial charge in [-0.2, -0.15) is 0 Å². The van der Waals surface area contributed by atoms with Crippen LogP contribution in [0.2, 0.25) is 0 Å². The standard InChI is InChI=1S/C9H10BrN7O2/c1-3-11-9-7(17(18)19)5(12-4-13-9)6-8(10)14-15-16(6)2/h4H,3H2,1-2H3,(H,11,12,13). The highest BCUT2D eigenvalue weighted by molar-refractivity contribution is 9.10. The molecule has 2 aromatic heterocycles. The molecule has 1 N–H and O–H groups in total. The molecule has 0 aliphatic carbocycles. The lowest BCUT2D eigenvalue weighted by molar-refractivity contribution is -0.383. The summed E-state index contributed by atoms with van der Waals surface area (Å²) in [4.78, 5) is 18.6. The van der Waals surface area contributed by atoms with Crippen molar-refractivity contribution in [2.24, 2.45) is 7.05 Å². The van der Waals surface area contributed by atoms with Gasteiger partial charge in [0.05, 0.1) is 4.92 Å². The average Bonchev–Trinajstić information content (AvgIpc) is 2.69. The van der Waals surface area contributed by atoms with Crippen molar-refractivity contribution in [2.45, 2.75) is 6.92 Å². The van der Waals surface area contributed by atoms with Gasteiger partial charge in [0, 0.05) is 13.6 Å². The van der Waals surface area contributed by atoms with Crippen LogP contribution in [0.3, 0.4) is 0 Å². The van der Waals surface area contributed by atoms with Crippen LogP contribution in [0, 0.1) is 10.1 Å². The SMILES string of the molecule is CCNc1ncnc(-c2c(Br)nnn2C)c1[N+](=O)[O-]. The Kier molecular flexibility index (Phi) is 3.69. The zero-order valence-electron chi connectivity index (χ0n) is 10.2. The summed E-state index contributed by atoms with van der Waals surface area (Å²) in [6.07, 6.45) is 1.26. The number of halogens is 1. The van der Waals surface area contributed by atoms with E-state index in [1.807, 2.05) is 6.92 Å². The van der Waals surface area contributed by atoms with Crippen LogP contribution < -0.4 is 5.32 Å². The fourth-order valence-corrected chi connectivity index (χ4v) is 2.12. The predicted molar refractivity (Wildman–Crippen MR) is 70.5 cm³/mol. The van der Waals surface area contributed by atoms with E-state index in [4.69, 9.17) is 0 Å². The highest BCUT2D eigenvalue weighted by Crippen LogP contribution is 2.35. The number of anilines is 1. The molecule has 100 valence electrons. The Bertz CT molecular complexity index is 608. The molecule has 0 aliphatic heterocycles. The Labute approximate surface area is 116 Å². The molecule has 2 heterocycles. The number of aromatic nitrogens is 5. The summed E-state index contributed by atoms with van der Waals surface area (Å²) in [6.45, 7) is 2.34. The van der Waals surface area contributed by atoms with Crippen molar-refractivity contribution < 1.29 is 4.92 Å². The van der Waals surface area contributed by atoms with E-state index in [2.05, 4.69) is 41.5 Å². The van der Waals surface area contributed by atoms with Crippen molar-refractivity contribution in [3.8, 4) is 11.4 Å². The molecule has 0 bridgehead atoms. The number of nitrogens with one attached hydrogen (secondary N) is 1. The largest absolute Gasteiger partial charge is 0.364 e. The van der Waals surface area contributed by atoms with E-state index >= 15 is 0 Å². The van der Waals surface area contributed by atoms with Gasteiger partial charge in [0.15, 0.2) is 10.3 Å². The first-order chi connectivity index (χ1) is 9.06. The van der Waals surface area contributed by atoms with Crippen LogP contribution in [-0.2, 0) is 7.05 Å². The lowest BCUT2D eigenvalue weighted by Gasteiger charge is -2.06. The molecular formula is C9H10BrN7O2. The number of hydrogen-bond acceptors (Lipinski definition) is 7. The van der Waals surface area contributed by atoms with Crippen molar-refractivity contribution in [3.63, 3.8) is 0 Å². The van der Waals surface area contributed by atoms with Crippen molar-refractivity contribution in [1.29, 1.82) is 0 Å². The van der Waals surface area contributed by atoms with Gasteiger partial charge >= 0.3 is 5.69 Å². The summed E-state index contributed by atoms with van der Waals surface area (Å²) in [5, 5.41) is 21.7. The van der Waals surface area contributed by atoms with Crippen molar-refractivity contribution >= 4 is 27.4 Å². The quantitative estimate of drug-likeness (QED) is 0.666. The van der Waals surface area contributed by atoms with E-state index in [1.165, 1.54) is 11.0 Å². The molecule has 0 atom stereocenters. The van der Waals surface area contributed by atoms with Gasteiger partial charge in [0.2, 0.25) is 5.82 Å². The summed E-state index contributed by atoms with van der Waals surface area (Å²) >= 11 is 3.20. The Morgan fingerprint density at radius 1 is 1.53 bits per heavy atom. The minimum atomic E-state index is -0.521. The van der Waals surface area contributed by atoms with Crippen molar-refractivity contribution in [3.05, 3.63) is 21.0 Å². The van der Waals surface area contributed by atoms with Crippen LogP contribution in [0.1, 0.15) is 6.92 Å². The topological polar surface area (TPSA) is 112 Å². The molecule has 0 saturated heterocycles. The van der Waals surface area contributed by atoms with Gasteiger partial charge in [-0.15, -0.1) is 5.10 Å². The predicted octanol–water partition coefficient (Wildman–Crippen LogP) is 1.37. The van der Waals surface area contributed by atoms with Gasteiger partial charge in [0.25, 0.3) is 0 Å². The highest BCUT2D eigenvalue weighted by Gasteiger charge is 2.27. The van der Waals surface area contributed by atoms with Crippen molar-refractivity contribution in [2.75, 3.05) is 11.9 Å². The third kappa shape index (κ3) is 2.38. The van der Waals surface area contributed by atoms with Crippen LogP contribution in [0.15, 0.2) is 10.9 Å². The van der Waals surface area contributed by atoms with Gasteiger partial charge in [-0.3, -0.25) is 10.1 Å². The van der Waals surface area contributed by atoms with Crippen LogP contribution in [0.5, 0.6) is 0 Å². The van der Waals surface area contributed by atoms with Crippen LogP contribution >= 0.6 is 15.9 Å². The molecule has 0 spiro atoms. The smallest absolute Gasteiger partial charge is 0.339 e. The molecule has 0 saturated carbocycles. The Hall–Kier alpha value is -2.10. The van der Waals surface area contributed by atoms with E-state index in [-0.39, 0.29) is 17.2 Å². The van der Waals surface area contributed by atoms with Gasteiger partial charge in [-0.05, 0) is 22.9 Å². The average molecular weight is 328 g/mol. The molecule has 0 aliphatic rings. The molecule has 0 amide bonds. The normalized spacial score (nSPS) is 10.5. The molecule has 10 heteroatoms. The molecule has 2 rings (SSSR count). The second-order valence-corrected chi connectivity index (χ2v) is 4.31. The maximum atomic E-state index is 11.3. The Morgan fingerprint density at radius 2 is 2.26 bits per heavy atom. The maximum absolute atomic E-state index is 11.3. The number of aryl methyl sites for hydroxylation is 1. The third-order valence-electron chi connectivity index (χ3n) is 2.36. The van der Waals surface area contributed by atoms with Crippen LogP contribution in [0.4, 0.5) is 11.5 Å². The minimum Gasteiger partial charge on any atom is -0.364 e. The van der Waals surface area contributed by atoms with Gasteiger partial charge < -0.3 is 5.32 Å². The first-order valence-electron chi connectivity index (χ1n) is 5.35. The molecular weight excluding hydrogens is 318 g/mol. The molecule has 2 aromatic rings. The Morgan fingerprint density at radius 3 is 2.79 bits per heavy atom. The number of rotatable bonds is 4. The van der Waals surface area contributed by atoms with E-state index in [1.54, 1.807) is 7.05 Å². The number of nitrogens with zero attached hydrogens (tertiary/aromatic N) is 6. The van der Waals surface area contributed by atoms with Crippen LogP contribution in [-0.4, -0.2) is 36.4 Å². The summed E-state index contributed by atoms with van der Waals surface area (Å²) < 4.78 is 1.80. The Balaban J connectivity index is 2.70.